The van der Waals surface area contributed by atoms with Gasteiger partial charge in [0.05, 0.1) is 13.2 Å². The third kappa shape index (κ3) is 8.11. The van der Waals surface area contributed by atoms with Gasteiger partial charge in [0, 0.05) is 25.9 Å². The number of aliphatic carboxylic acids is 1. The predicted octanol–water partition coefficient (Wildman–Crippen LogP) is 2.34. The number of carbonyl (C=O) groups is 3. The van der Waals surface area contributed by atoms with E-state index in [9.17, 15) is 14.4 Å². The summed E-state index contributed by atoms with van der Waals surface area (Å²) in [5.41, 5.74) is 0.931. The summed E-state index contributed by atoms with van der Waals surface area (Å²) in [4.78, 5) is 36.3. The summed E-state index contributed by atoms with van der Waals surface area (Å²) in [7, 11) is 0. The maximum Gasteiger partial charge on any atom is 0.303 e. The number of nitrogens with one attached hydrogen (secondary N) is 1. The number of likely N-dealkylation sites (tertiary alicyclic amines) is 1. The minimum atomic E-state index is -0.831. The fourth-order valence-corrected chi connectivity index (χ4v) is 2.93. The van der Waals surface area contributed by atoms with Crippen molar-refractivity contribution in [2.45, 2.75) is 51.5 Å². The van der Waals surface area contributed by atoms with E-state index in [1.54, 1.807) is 17.0 Å². The number of nitrogens with zero attached hydrogens (tertiary/aromatic N) is 1. The van der Waals surface area contributed by atoms with Crippen LogP contribution in [-0.4, -0.2) is 47.5 Å². The second kappa shape index (κ2) is 11.2. The summed E-state index contributed by atoms with van der Waals surface area (Å²) in [5.74, 6) is -0.254. The fraction of sp³-hybridized carbons (Fsp3) is 0.550. The molecule has 1 aromatic rings. The van der Waals surface area contributed by atoms with Crippen molar-refractivity contribution in [1.29, 1.82) is 0 Å². The van der Waals surface area contributed by atoms with Crippen LogP contribution in [0.4, 0.5) is 0 Å². The van der Waals surface area contributed by atoms with Gasteiger partial charge in [-0.05, 0) is 37.0 Å². The van der Waals surface area contributed by atoms with Crippen molar-refractivity contribution in [3.8, 4) is 5.75 Å². The van der Waals surface area contributed by atoms with Gasteiger partial charge in [-0.25, -0.2) is 0 Å². The van der Waals surface area contributed by atoms with Gasteiger partial charge in [-0.1, -0.05) is 25.0 Å². The second-order valence-electron chi connectivity index (χ2n) is 6.75. The first kappa shape index (κ1) is 20.7. The molecule has 0 unspecified atom stereocenters. The molecule has 0 spiro atoms. The Bertz CT molecular complexity index is 630. The van der Waals surface area contributed by atoms with E-state index in [-0.39, 0.29) is 24.8 Å². The van der Waals surface area contributed by atoms with Crippen LogP contribution in [0.15, 0.2) is 24.3 Å². The number of carboxylic acid groups (broad SMARTS) is 1. The number of benzene rings is 1. The van der Waals surface area contributed by atoms with Crippen molar-refractivity contribution in [2.24, 2.45) is 0 Å². The zero-order valence-electron chi connectivity index (χ0n) is 15.6. The van der Waals surface area contributed by atoms with Crippen LogP contribution in [0, 0.1) is 0 Å². The smallest absolute Gasteiger partial charge is 0.303 e. The van der Waals surface area contributed by atoms with Crippen LogP contribution in [0.5, 0.6) is 5.75 Å². The molecule has 0 radical (unpaired) electrons. The number of rotatable bonds is 9. The van der Waals surface area contributed by atoms with E-state index >= 15 is 0 Å². The van der Waals surface area contributed by atoms with Gasteiger partial charge in [-0.2, -0.15) is 0 Å². The first-order valence-corrected chi connectivity index (χ1v) is 9.52. The summed E-state index contributed by atoms with van der Waals surface area (Å²) in [6, 6.07) is 7.30. The summed E-state index contributed by atoms with van der Waals surface area (Å²) in [5, 5.41) is 11.4. The van der Waals surface area contributed by atoms with Crippen LogP contribution in [0.3, 0.4) is 0 Å². The largest absolute Gasteiger partial charge is 0.494 e. The average Bonchev–Trinajstić information content (AvgIpc) is 2.64. The molecule has 1 heterocycles. The molecule has 0 aliphatic carbocycles. The SMILES string of the molecule is O=C(O)CCCOc1ccc(CNC(=O)CN2CCCCCCC2=O)cc1. The Balaban J connectivity index is 1.71. The first-order chi connectivity index (χ1) is 13.0. The molecule has 1 aliphatic heterocycles. The minimum Gasteiger partial charge on any atom is -0.494 e. The highest BCUT2D eigenvalue weighted by atomic mass is 16.5. The molecule has 1 saturated heterocycles. The lowest BCUT2D eigenvalue weighted by Gasteiger charge is -2.24. The topological polar surface area (TPSA) is 95.9 Å². The molecule has 1 fully saturated rings. The van der Waals surface area contributed by atoms with Gasteiger partial charge in [0.1, 0.15) is 5.75 Å². The molecule has 0 bridgehead atoms. The van der Waals surface area contributed by atoms with Crippen molar-refractivity contribution in [2.75, 3.05) is 19.7 Å². The van der Waals surface area contributed by atoms with Gasteiger partial charge in [-0.15, -0.1) is 0 Å². The molecular formula is C20H28N2O5. The number of hydrogen-bond acceptors (Lipinski definition) is 4. The maximum absolute atomic E-state index is 12.1. The Morgan fingerprint density at radius 2 is 1.85 bits per heavy atom. The lowest BCUT2D eigenvalue weighted by Crippen LogP contribution is -2.41. The van der Waals surface area contributed by atoms with Crippen molar-refractivity contribution in [3.05, 3.63) is 29.8 Å². The molecule has 1 aliphatic rings. The Morgan fingerprint density at radius 1 is 1.11 bits per heavy atom. The van der Waals surface area contributed by atoms with E-state index < -0.39 is 5.97 Å². The molecule has 148 valence electrons. The van der Waals surface area contributed by atoms with Gasteiger partial charge in [0.25, 0.3) is 0 Å². The van der Waals surface area contributed by atoms with Crippen LogP contribution in [-0.2, 0) is 20.9 Å². The highest BCUT2D eigenvalue weighted by molar-refractivity contribution is 5.84. The van der Waals surface area contributed by atoms with E-state index in [0.717, 1.165) is 31.2 Å². The Labute approximate surface area is 159 Å². The van der Waals surface area contributed by atoms with E-state index in [2.05, 4.69) is 5.32 Å². The van der Waals surface area contributed by atoms with Crippen LogP contribution in [0.1, 0.15) is 50.5 Å². The van der Waals surface area contributed by atoms with Crippen LogP contribution < -0.4 is 10.1 Å². The molecular weight excluding hydrogens is 348 g/mol. The van der Waals surface area contributed by atoms with E-state index in [1.165, 1.54) is 0 Å². The predicted molar refractivity (Wildman–Crippen MR) is 100 cm³/mol. The monoisotopic (exact) mass is 376 g/mol. The minimum absolute atomic E-state index is 0.0641. The molecule has 2 amide bonds. The molecule has 27 heavy (non-hydrogen) atoms. The van der Waals surface area contributed by atoms with E-state index in [0.29, 0.717) is 38.3 Å². The number of carboxylic acids is 1. The third-order valence-corrected chi connectivity index (χ3v) is 4.47. The fourth-order valence-electron chi connectivity index (χ4n) is 2.93. The highest BCUT2D eigenvalue weighted by Crippen LogP contribution is 2.13. The van der Waals surface area contributed by atoms with Gasteiger partial charge < -0.3 is 20.1 Å². The van der Waals surface area contributed by atoms with E-state index in [1.807, 2.05) is 12.1 Å². The molecule has 0 atom stereocenters. The molecule has 7 heteroatoms. The van der Waals surface area contributed by atoms with Crippen molar-refractivity contribution < 1.29 is 24.2 Å². The Kier molecular flexibility index (Phi) is 8.61. The van der Waals surface area contributed by atoms with Gasteiger partial charge >= 0.3 is 5.97 Å². The highest BCUT2D eigenvalue weighted by Gasteiger charge is 2.18. The molecule has 0 aromatic heterocycles. The lowest BCUT2D eigenvalue weighted by atomic mass is 10.1. The van der Waals surface area contributed by atoms with Crippen molar-refractivity contribution >= 4 is 17.8 Å². The van der Waals surface area contributed by atoms with Gasteiger partial charge in [-0.3, -0.25) is 14.4 Å². The molecule has 0 saturated carbocycles. The van der Waals surface area contributed by atoms with Gasteiger partial charge in [0.2, 0.25) is 11.8 Å². The van der Waals surface area contributed by atoms with Crippen molar-refractivity contribution in [1.82, 2.24) is 10.2 Å². The molecule has 2 N–H and O–H groups in total. The average molecular weight is 376 g/mol. The quantitative estimate of drug-likeness (QED) is 0.645. The molecule has 1 aromatic carbocycles. The number of amides is 2. The number of hydrogen-bond donors (Lipinski definition) is 2. The lowest BCUT2D eigenvalue weighted by molar-refractivity contribution is -0.137. The number of ether oxygens (including phenoxy) is 1. The third-order valence-electron chi connectivity index (χ3n) is 4.47. The number of carbonyl (C=O) groups excluding carboxylic acids is 2. The summed E-state index contributed by atoms with van der Waals surface area (Å²) < 4.78 is 5.48. The second-order valence-corrected chi connectivity index (χ2v) is 6.75. The zero-order chi connectivity index (χ0) is 19.5. The zero-order valence-corrected chi connectivity index (χ0v) is 15.6. The summed E-state index contributed by atoms with van der Waals surface area (Å²) in [6.45, 7) is 1.51. The standard InChI is InChI=1S/C20H28N2O5/c23-18(15-22-12-4-2-1-3-6-19(22)24)21-14-16-8-10-17(11-9-16)27-13-5-7-20(25)26/h8-11H,1-7,12-15H2,(H,21,23)(H,25,26). The molecule has 2 rings (SSSR count). The summed E-state index contributed by atoms with van der Waals surface area (Å²) in [6.07, 6.45) is 5.13. The normalized spacial score (nSPS) is 15.0. The maximum atomic E-state index is 12.1. The van der Waals surface area contributed by atoms with Crippen molar-refractivity contribution in [3.63, 3.8) is 0 Å². The van der Waals surface area contributed by atoms with E-state index in [4.69, 9.17) is 9.84 Å². The Morgan fingerprint density at radius 3 is 2.59 bits per heavy atom. The first-order valence-electron chi connectivity index (χ1n) is 9.52. The van der Waals surface area contributed by atoms with Crippen LogP contribution in [0.2, 0.25) is 0 Å². The molecule has 7 nitrogen and oxygen atoms in total. The van der Waals surface area contributed by atoms with Crippen LogP contribution in [0.25, 0.3) is 0 Å². The Hall–Kier alpha value is -2.57. The van der Waals surface area contributed by atoms with Crippen LogP contribution >= 0.6 is 0 Å². The van der Waals surface area contributed by atoms with Gasteiger partial charge in [0.15, 0.2) is 0 Å². The summed E-state index contributed by atoms with van der Waals surface area (Å²) >= 11 is 0.